The molecule has 0 spiro atoms. The molecule has 0 aliphatic carbocycles. The van der Waals surface area contributed by atoms with Crippen LogP contribution >= 0.6 is 0 Å². The highest BCUT2D eigenvalue weighted by atomic mass is 16.5. The van der Waals surface area contributed by atoms with Gasteiger partial charge in [-0.1, -0.05) is 6.92 Å². The van der Waals surface area contributed by atoms with E-state index in [1.165, 1.54) is 0 Å². The molecule has 0 aromatic carbocycles. The fraction of sp³-hybridized carbons (Fsp3) is 0.562. The number of aryl methyl sites for hydroxylation is 1. The van der Waals surface area contributed by atoms with Gasteiger partial charge in [-0.15, -0.1) is 0 Å². The van der Waals surface area contributed by atoms with Gasteiger partial charge in [0.15, 0.2) is 0 Å². The number of rotatable bonds is 6. The van der Waals surface area contributed by atoms with Crippen molar-refractivity contribution < 1.29 is 9.53 Å². The molecule has 130 valence electrons. The molecule has 1 aliphatic heterocycles. The van der Waals surface area contributed by atoms with Crippen LogP contribution in [0.2, 0.25) is 0 Å². The van der Waals surface area contributed by atoms with E-state index < -0.39 is 0 Å². The Morgan fingerprint density at radius 1 is 1.46 bits per heavy atom. The van der Waals surface area contributed by atoms with Crippen LogP contribution in [0.4, 0.5) is 5.82 Å². The molecule has 3 rings (SSSR count). The Morgan fingerprint density at radius 2 is 2.29 bits per heavy atom. The summed E-state index contributed by atoms with van der Waals surface area (Å²) >= 11 is 0. The van der Waals surface area contributed by atoms with Crippen molar-refractivity contribution in [1.82, 2.24) is 24.5 Å². The molecular formula is C16H24N6O2. The maximum absolute atomic E-state index is 12.9. The van der Waals surface area contributed by atoms with E-state index in [4.69, 9.17) is 10.5 Å². The van der Waals surface area contributed by atoms with Crippen molar-refractivity contribution in [2.24, 2.45) is 0 Å². The first kappa shape index (κ1) is 16.5. The van der Waals surface area contributed by atoms with Crippen LogP contribution in [0.1, 0.15) is 30.1 Å². The molecule has 1 saturated heterocycles. The predicted octanol–water partition coefficient (Wildman–Crippen LogP) is 1.00. The normalized spacial score (nSPS) is 20.7. The molecule has 1 fully saturated rings. The molecule has 2 aromatic heterocycles. The SMILES string of the molecule is CCCn1cc(C(=O)N2C[C@H](OC)C[C@H]2Cn2ccc(N)n2)cn1. The van der Waals surface area contributed by atoms with Gasteiger partial charge in [0.25, 0.3) is 5.91 Å². The zero-order valence-electron chi connectivity index (χ0n) is 14.1. The highest BCUT2D eigenvalue weighted by Crippen LogP contribution is 2.23. The largest absolute Gasteiger partial charge is 0.382 e. The summed E-state index contributed by atoms with van der Waals surface area (Å²) in [7, 11) is 1.68. The second-order valence-electron chi connectivity index (χ2n) is 6.16. The Bertz CT molecular complexity index is 694. The van der Waals surface area contributed by atoms with Gasteiger partial charge in [-0.3, -0.25) is 14.2 Å². The fourth-order valence-corrected chi connectivity index (χ4v) is 3.15. The summed E-state index contributed by atoms with van der Waals surface area (Å²) in [5.74, 6) is 0.469. The molecule has 0 unspecified atom stereocenters. The molecule has 3 heterocycles. The van der Waals surface area contributed by atoms with E-state index in [9.17, 15) is 4.79 Å². The fourth-order valence-electron chi connectivity index (χ4n) is 3.15. The summed E-state index contributed by atoms with van der Waals surface area (Å²) in [5, 5.41) is 8.47. The lowest BCUT2D eigenvalue weighted by Crippen LogP contribution is -2.38. The Hall–Kier alpha value is -2.35. The first-order valence-corrected chi connectivity index (χ1v) is 8.25. The molecule has 0 saturated carbocycles. The third kappa shape index (κ3) is 3.43. The molecule has 2 atom stereocenters. The number of carbonyl (C=O) groups is 1. The molecule has 24 heavy (non-hydrogen) atoms. The average molecular weight is 332 g/mol. The van der Waals surface area contributed by atoms with Crippen LogP contribution in [0.25, 0.3) is 0 Å². The van der Waals surface area contributed by atoms with Crippen molar-refractivity contribution in [3.63, 3.8) is 0 Å². The number of aromatic nitrogens is 4. The van der Waals surface area contributed by atoms with Gasteiger partial charge < -0.3 is 15.4 Å². The number of hydrogen-bond donors (Lipinski definition) is 1. The van der Waals surface area contributed by atoms with E-state index in [2.05, 4.69) is 17.1 Å². The molecule has 1 amide bonds. The number of methoxy groups -OCH3 is 1. The monoisotopic (exact) mass is 332 g/mol. The van der Waals surface area contributed by atoms with Crippen LogP contribution in [-0.4, -0.2) is 56.2 Å². The molecule has 0 bridgehead atoms. The van der Waals surface area contributed by atoms with Gasteiger partial charge in [0.05, 0.1) is 30.5 Å². The maximum atomic E-state index is 12.9. The van der Waals surface area contributed by atoms with Crippen molar-refractivity contribution >= 4 is 11.7 Å². The minimum atomic E-state index is -0.0120. The maximum Gasteiger partial charge on any atom is 0.257 e. The van der Waals surface area contributed by atoms with Gasteiger partial charge in [0.1, 0.15) is 5.82 Å². The summed E-state index contributed by atoms with van der Waals surface area (Å²) in [6.45, 7) is 4.07. The number of anilines is 1. The van der Waals surface area contributed by atoms with Gasteiger partial charge >= 0.3 is 0 Å². The number of hydrogen-bond acceptors (Lipinski definition) is 5. The van der Waals surface area contributed by atoms with E-state index in [0.717, 1.165) is 19.4 Å². The number of carbonyl (C=O) groups excluding carboxylic acids is 1. The van der Waals surface area contributed by atoms with E-state index >= 15 is 0 Å². The van der Waals surface area contributed by atoms with E-state index in [-0.39, 0.29) is 18.1 Å². The molecule has 0 radical (unpaired) electrons. The second kappa shape index (κ2) is 7.04. The first-order valence-electron chi connectivity index (χ1n) is 8.25. The molecule has 8 heteroatoms. The van der Waals surface area contributed by atoms with Crippen molar-refractivity contribution in [3.8, 4) is 0 Å². The van der Waals surface area contributed by atoms with Crippen molar-refractivity contribution in [2.75, 3.05) is 19.4 Å². The summed E-state index contributed by atoms with van der Waals surface area (Å²) < 4.78 is 9.06. The Labute approximate surface area is 141 Å². The van der Waals surface area contributed by atoms with Crippen LogP contribution in [-0.2, 0) is 17.8 Å². The van der Waals surface area contributed by atoms with Gasteiger partial charge in [0.2, 0.25) is 0 Å². The lowest BCUT2D eigenvalue weighted by Gasteiger charge is -2.23. The van der Waals surface area contributed by atoms with Crippen LogP contribution in [0.3, 0.4) is 0 Å². The van der Waals surface area contributed by atoms with Crippen molar-refractivity contribution in [1.29, 1.82) is 0 Å². The number of nitrogen functional groups attached to an aromatic ring is 1. The van der Waals surface area contributed by atoms with Gasteiger partial charge in [-0.2, -0.15) is 10.2 Å². The average Bonchev–Trinajstić information content (AvgIpc) is 3.28. The minimum absolute atomic E-state index is 0.0120. The molecule has 2 aromatic rings. The third-order valence-corrected chi connectivity index (χ3v) is 4.36. The smallest absolute Gasteiger partial charge is 0.257 e. The lowest BCUT2D eigenvalue weighted by atomic mass is 10.2. The molecular weight excluding hydrogens is 308 g/mol. The number of amides is 1. The van der Waals surface area contributed by atoms with Gasteiger partial charge in [-0.25, -0.2) is 0 Å². The predicted molar refractivity (Wildman–Crippen MR) is 89.4 cm³/mol. The van der Waals surface area contributed by atoms with E-state index in [1.54, 1.807) is 28.7 Å². The Kier molecular flexibility index (Phi) is 4.84. The van der Waals surface area contributed by atoms with Crippen LogP contribution < -0.4 is 5.73 Å². The lowest BCUT2D eigenvalue weighted by molar-refractivity contribution is 0.0678. The topological polar surface area (TPSA) is 91.2 Å². The van der Waals surface area contributed by atoms with Crippen LogP contribution in [0, 0.1) is 0 Å². The Morgan fingerprint density at radius 3 is 2.96 bits per heavy atom. The van der Waals surface area contributed by atoms with Crippen molar-refractivity contribution in [2.45, 2.75) is 45.0 Å². The summed E-state index contributed by atoms with van der Waals surface area (Å²) in [4.78, 5) is 14.8. The zero-order chi connectivity index (χ0) is 17.1. The third-order valence-electron chi connectivity index (χ3n) is 4.36. The highest BCUT2D eigenvalue weighted by Gasteiger charge is 2.36. The minimum Gasteiger partial charge on any atom is -0.382 e. The molecule has 1 aliphatic rings. The number of nitrogens with zero attached hydrogens (tertiary/aromatic N) is 5. The molecule has 8 nitrogen and oxygen atoms in total. The van der Waals surface area contributed by atoms with Crippen LogP contribution in [0.5, 0.6) is 0 Å². The number of likely N-dealkylation sites (tertiary alicyclic amines) is 1. The van der Waals surface area contributed by atoms with Gasteiger partial charge in [0, 0.05) is 32.6 Å². The standard InChI is InChI=1S/C16H24N6O2/c1-3-5-20-9-12(8-18-20)16(23)22-11-14(24-2)7-13(22)10-21-6-4-15(17)19-21/h4,6,8-9,13-14H,3,5,7,10-11H2,1-2H3,(H2,17,19)/t13-,14+/m0/s1. The highest BCUT2D eigenvalue weighted by molar-refractivity contribution is 5.94. The second-order valence-corrected chi connectivity index (χ2v) is 6.16. The first-order chi connectivity index (χ1) is 11.6. The molecule has 2 N–H and O–H groups in total. The number of nitrogens with two attached hydrogens (primary N) is 1. The van der Waals surface area contributed by atoms with Crippen molar-refractivity contribution in [3.05, 3.63) is 30.2 Å². The summed E-state index contributed by atoms with van der Waals surface area (Å²) in [6.07, 6.45) is 7.09. The van der Waals surface area contributed by atoms with E-state index in [0.29, 0.717) is 24.5 Å². The quantitative estimate of drug-likeness (QED) is 0.852. The van der Waals surface area contributed by atoms with Gasteiger partial charge in [-0.05, 0) is 18.9 Å². The summed E-state index contributed by atoms with van der Waals surface area (Å²) in [6, 6.07) is 1.78. The summed E-state index contributed by atoms with van der Waals surface area (Å²) in [5.41, 5.74) is 6.29. The Balaban J connectivity index is 1.75. The van der Waals surface area contributed by atoms with Crippen LogP contribution in [0.15, 0.2) is 24.7 Å². The van der Waals surface area contributed by atoms with E-state index in [1.807, 2.05) is 17.3 Å². The zero-order valence-corrected chi connectivity index (χ0v) is 14.1. The number of ether oxygens (including phenoxy) is 1.